The molecule has 176 valence electrons. The smallest absolute Gasteiger partial charge is 0.00990 e. The third kappa shape index (κ3) is 3.82. The van der Waals surface area contributed by atoms with Crippen LogP contribution >= 0.6 is 9.90 Å². The summed E-state index contributed by atoms with van der Waals surface area (Å²) in [4.78, 5) is 0. The summed E-state index contributed by atoms with van der Waals surface area (Å²) in [6, 6.07) is 51.9. The Hall–Kier alpha value is -4.25. The van der Waals surface area contributed by atoms with Gasteiger partial charge in [-0.2, -0.15) is 9.90 Å². The van der Waals surface area contributed by atoms with E-state index in [0.29, 0.717) is 0 Å². The first-order valence-electron chi connectivity index (χ1n) is 12.5. The second-order valence-electron chi connectivity index (χ2n) is 9.27. The summed E-state index contributed by atoms with van der Waals surface area (Å²) in [5, 5.41) is 16.1. The Kier molecular flexibility index (Phi) is 6.05. The summed E-state index contributed by atoms with van der Waals surface area (Å²) in [5.74, 6) is 0. The zero-order valence-electron chi connectivity index (χ0n) is 20.6. The number of rotatable bonds is 0. The molecule has 0 heterocycles. The Labute approximate surface area is 219 Å². The van der Waals surface area contributed by atoms with Crippen LogP contribution in [0.2, 0.25) is 0 Å². The normalized spacial score (nSPS) is 11.0. The Morgan fingerprint density at radius 2 is 0.243 bits per heavy atom. The van der Waals surface area contributed by atoms with Crippen molar-refractivity contribution in [2.24, 2.45) is 0 Å². The first-order valence-corrected chi connectivity index (χ1v) is 12.5. The van der Waals surface area contributed by atoms with Crippen LogP contribution in [0.4, 0.5) is 0 Å². The van der Waals surface area contributed by atoms with Crippen molar-refractivity contribution in [2.75, 3.05) is 0 Å². The summed E-state index contributed by atoms with van der Waals surface area (Å²) in [6.07, 6.45) is 0. The zero-order valence-corrected chi connectivity index (χ0v) is 22.0. The average molecular weight is 491 g/mol. The minimum absolute atomic E-state index is 0. The molecule has 0 saturated carbocycles. The lowest BCUT2D eigenvalue weighted by Crippen LogP contribution is -1.81. The molecule has 0 N–H and O–H groups in total. The molecule has 0 aromatic heterocycles. The van der Waals surface area contributed by atoms with Gasteiger partial charge in [0.25, 0.3) is 0 Å². The summed E-state index contributed by atoms with van der Waals surface area (Å²) >= 11 is 0. The fourth-order valence-corrected chi connectivity index (χ4v) is 5.72. The lowest BCUT2D eigenvalue weighted by atomic mass is 9.95. The summed E-state index contributed by atoms with van der Waals surface area (Å²) in [6.45, 7) is 0. The Bertz CT molecular complexity index is 1460. The van der Waals surface area contributed by atoms with Gasteiger partial charge in [-0.05, 0) is 64.6 Å². The SMILES string of the molecule is P.c1ccc2c(c1)c1ccccc1c1ccccc21.c1ccc2c(c1)c1ccccc1c1ccccc21. The van der Waals surface area contributed by atoms with Crippen molar-refractivity contribution in [3.05, 3.63) is 146 Å². The maximum atomic E-state index is 2.21. The van der Waals surface area contributed by atoms with Gasteiger partial charge in [0.1, 0.15) is 0 Å². The Balaban J connectivity index is 0.000000133. The molecular weight excluding hydrogens is 463 g/mol. The van der Waals surface area contributed by atoms with Gasteiger partial charge in [0, 0.05) is 0 Å². The maximum Gasteiger partial charge on any atom is -0.00990 e. The van der Waals surface area contributed by atoms with Gasteiger partial charge in [0.05, 0.1) is 0 Å². The molecule has 0 saturated heterocycles. The number of hydrogen-bond acceptors (Lipinski definition) is 0. The van der Waals surface area contributed by atoms with E-state index in [-0.39, 0.29) is 9.90 Å². The van der Waals surface area contributed by atoms with E-state index in [4.69, 9.17) is 0 Å². The third-order valence-corrected chi connectivity index (χ3v) is 7.30. The molecule has 0 radical (unpaired) electrons. The molecule has 37 heavy (non-hydrogen) atoms. The van der Waals surface area contributed by atoms with E-state index in [9.17, 15) is 0 Å². The molecule has 1 heteroatoms. The second-order valence-corrected chi connectivity index (χ2v) is 9.27. The molecule has 0 aliphatic carbocycles. The van der Waals surface area contributed by atoms with E-state index in [1.54, 1.807) is 0 Å². The molecule has 1 unspecified atom stereocenters. The maximum absolute atomic E-state index is 2.21. The van der Waals surface area contributed by atoms with Crippen LogP contribution in [-0.2, 0) is 0 Å². The molecule has 0 amide bonds. The predicted octanol–water partition coefficient (Wildman–Crippen LogP) is 10.4. The van der Waals surface area contributed by atoms with Crippen molar-refractivity contribution in [3.8, 4) is 0 Å². The second kappa shape index (κ2) is 9.66. The molecule has 0 nitrogen and oxygen atoms in total. The van der Waals surface area contributed by atoms with Crippen molar-refractivity contribution < 1.29 is 0 Å². The van der Waals surface area contributed by atoms with Gasteiger partial charge in [-0.3, -0.25) is 0 Å². The lowest BCUT2D eigenvalue weighted by molar-refractivity contribution is 1.77. The highest BCUT2D eigenvalue weighted by Gasteiger charge is 2.07. The number of fused-ring (bicyclic) bond motifs is 12. The minimum Gasteiger partial charge on any atom is -0.153 e. The summed E-state index contributed by atoms with van der Waals surface area (Å²) < 4.78 is 0. The molecule has 0 bridgehead atoms. The van der Waals surface area contributed by atoms with Gasteiger partial charge in [-0.15, -0.1) is 0 Å². The fraction of sp³-hybridized carbons (Fsp3) is 0. The minimum atomic E-state index is 0. The van der Waals surface area contributed by atoms with Crippen LogP contribution in [0.15, 0.2) is 146 Å². The van der Waals surface area contributed by atoms with Gasteiger partial charge in [-0.1, -0.05) is 146 Å². The highest BCUT2D eigenvalue weighted by atomic mass is 31.0. The summed E-state index contributed by atoms with van der Waals surface area (Å²) in [5.41, 5.74) is 0. The molecule has 0 spiro atoms. The average Bonchev–Trinajstić information content (AvgIpc) is 2.98. The summed E-state index contributed by atoms with van der Waals surface area (Å²) in [7, 11) is 0. The predicted molar refractivity (Wildman–Crippen MR) is 169 cm³/mol. The molecule has 8 aromatic rings. The van der Waals surface area contributed by atoms with E-state index >= 15 is 0 Å². The molecule has 0 aliphatic heterocycles. The van der Waals surface area contributed by atoms with Crippen molar-refractivity contribution >= 4 is 74.5 Å². The molecule has 8 rings (SSSR count). The molecule has 1 atom stereocenters. The van der Waals surface area contributed by atoms with Gasteiger partial charge < -0.3 is 0 Å². The monoisotopic (exact) mass is 490 g/mol. The molecular formula is C36H27P. The van der Waals surface area contributed by atoms with Crippen LogP contribution in [0.5, 0.6) is 0 Å². The lowest BCUT2D eigenvalue weighted by Gasteiger charge is -2.09. The van der Waals surface area contributed by atoms with Crippen molar-refractivity contribution in [3.63, 3.8) is 0 Å². The van der Waals surface area contributed by atoms with Gasteiger partial charge >= 0.3 is 0 Å². The van der Waals surface area contributed by atoms with Crippen LogP contribution in [0.3, 0.4) is 0 Å². The van der Waals surface area contributed by atoms with E-state index in [1.165, 1.54) is 64.6 Å². The number of hydrogen-bond donors (Lipinski definition) is 0. The van der Waals surface area contributed by atoms with Gasteiger partial charge in [0.2, 0.25) is 0 Å². The third-order valence-electron chi connectivity index (χ3n) is 7.30. The van der Waals surface area contributed by atoms with E-state index in [1.807, 2.05) is 0 Å². The standard InChI is InChI=1S/2C18H12.H3P/c2*1-2-8-14-13(7-1)15-9-3-4-11-17(15)18-12-6-5-10-16(14)18;/h2*1-12H;1H3. The van der Waals surface area contributed by atoms with E-state index in [2.05, 4.69) is 146 Å². The largest absolute Gasteiger partial charge is 0.153 e. The topological polar surface area (TPSA) is 0 Å². The van der Waals surface area contributed by atoms with Crippen LogP contribution < -0.4 is 0 Å². The van der Waals surface area contributed by atoms with Crippen LogP contribution in [0.25, 0.3) is 64.6 Å². The molecule has 0 aliphatic rings. The van der Waals surface area contributed by atoms with Crippen molar-refractivity contribution in [1.82, 2.24) is 0 Å². The van der Waals surface area contributed by atoms with Crippen LogP contribution in [-0.4, -0.2) is 0 Å². The Morgan fingerprint density at radius 3 is 0.324 bits per heavy atom. The molecule has 8 aromatic carbocycles. The fourth-order valence-electron chi connectivity index (χ4n) is 5.72. The van der Waals surface area contributed by atoms with Crippen LogP contribution in [0, 0.1) is 0 Å². The highest BCUT2D eigenvalue weighted by Crippen LogP contribution is 2.35. The zero-order chi connectivity index (χ0) is 23.9. The van der Waals surface area contributed by atoms with Gasteiger partial charge in [-0.25, -0.2) is 0 Å². The Morgan fingerprint density at radius 1 is 0.162 bits per heavy atom. The first kappa shape index (κ1) is 23.2. The quantitative estimate of drug-likeness (QED) is 0.146. The van der Waals surface area contributed by atoms with E-state index in [0.717, 1.165) is 0 Å². The van der Waals surface area contributed by atoms with E-state index < -0.39 is 0 Å². The van der Waals surface area contributed by atoms with Crippen molar-refractivity contribution in [1.29, 1.82) is 0 Å². The molecule has 0 fully saturated rings. The first-order chi connectivity index (χ1) is 17.9. The number of benzene rings is 8. The van der Waals surface area contributed by atoms with Crippen molar-refractivity contribution in [2.45, 2.75) is 0 Å². The highest BCUT2D eigenvalue weighted by molar-refractivity contribution is 6.92. The van der Waals surface area contributed by atoms with Crippen LogP contribution in [0.1, 0.15) is 0 Å². The van der Waals surface area contributed by atoms with Gasteiger partial charge in [0.15, 0.2) is 0 Å².